The van der Waals surface area contributed by atoms with Gasteiger partial charge in [0.2, 0.25) is 0 Å². The van der Waals surface area contributed by atoms with Crippen molar-refractivity contribution >= 4 is 33.6 Å². The number of carbonyl (C=O) groups excluding carboxylic acids is 2. The summed E-state index contributed by atoms with van der Waals surface area (Å²) in [6, 6.07) is 0. The van der Waals surface area contributed by atoms with Crippen molar-refractivity contribution in [1.82, 2.24) is 9.95 Å². The van der Waals surface area contributed by atoms with Crippen LogP contribution in [0.3, 0.4) is 0 Å². The third kappa shape index (κ3) is 4.44. The Bertz CT molecular complexity index is 174. The van der Waals surface area contributed by atoms with Gasteiger partial charge in [-0.1, -0.05) is 22.9 Å². The van der Waals surface area contributed by atoms with Crippen molar-refractivity contribution in [3.8, 4) is 0 Å². The van der Waals surface area contributed by atoms with Gasteiger partial charge >= 0.3 is 11.8 Å². The predicted octanol–water partition coefficient (Wildman–Crippen LogP) is 0.0259. The summed E-state index contributed by atoms with van der Waals surface area (Å²) in [7, 11) is 2.27. The van der Waals surface area contributed by atoms with E-state index in [1.807, 2.05) is 6.92 Å². The molecular weight excluding hydrogens is 204 g/mol. The van der Waals surface area contributed by atoms with E-state index in [0.29, 0.717) is 0 Å². The lowest BCUT2D eigenvalue weighted by Gasteiger charge is -2.04. The van der Waals surface area contributed by atoms with Crippen LogP contribution in [-0.2, 0) is 9.59 Å². The smallest absolute Gasteiger partial charge is 0.282 e. The summed E-state index contributed by atoms with van der Waals surface area (Å²) in [5, 5.41) is 15.5. The van der Waals surface area contributed by atoms with Crippen LogP contribution >= 0.6 is 21.8 Å². The summed E-state index contributed by atoms with van der Waals surface area (Å²) < 4.78 is 2.09. The predicted molar refractivity (Wildman–Crippen MR) is 44.3 cm³/mol. The Morgan fingerprint density at radius 2 is 2.08 bits per heavy atom. The van der Waals surface area contributed by atoms with Gasteiger partial charge in [-0.25, -0.2) is 0 Å². The molecule has 0 fully saturated rings. The van der Waals surface area contributed by atoms with Crippen molar-refractivity contribution in [3.05, 3.63) is 0 Å². The molecule has 8 heteroatoms. The second kappa shape index (κ2) is 6.12. The second-order valence-corrected chi connectivity index (χ2v) is 3.91. The van der Waals surface area contributed by atoms with Gasteiger partial charge in [-0.3, -0.25) is 24.7 Å². The molecule has 2 amide bonds. The first-order chi connectivity index (χ1) is 5.59. The summed E-state index contributed by atoms with van der Waals surface area (Å²) in [6.45, 7) is 1.87. The van der Waals surface area contributed by atoms with E-state index in [-0.39, 0.29) is 0 Å². The highest BCUT2D eigenvalue weighted by Crippen LogP contribution is 2.15. The zero-order chi connectivity index (χ0) is 9.56. The molecular formula is C4H8N2O4S2. The lowest BCUT2D eigenvalue weighted by molar-refractivity contribution is -0.282. The van der Waals surface area contributed by atoms with E-state index in [1.54, 1.807) is 0 Å². The highest BCUT2D eigenvalue weighted by atomic mass is 33.1. The summed E-state index contributed by atoms with van der Waals surface area (Å²) in [4.78, 5) is 21.0. The highest BCUT2D eigenvalue weighted by molar-refractivity contribution is 8.76. The van der Waals surface area contributed by atoms with E-state index in [9.17, 15) is 9.59 Å². The van der Waals surface area contributed by atoms with Crippen molar-refractivity contribution in [2.45, 2.75) is 6.92 Å². The molecule has 70 valence electrons. The normalized spacial score (nSPS) is 9.25. The van der Waals surface area contributed by atoms with Gasteiger partial charge in [0.1, 0.15) is 0 Å². The van der Waals surface area contributed by atoms with Crippen LogP contribution in [0.4, 0.5) is 0 Å². The standard InChI is InChI=1S/C4H8N2O4S2/c1-2-11-12-5-3(7)4(8)6(9)10/h9-10H,2H2,1H3,(H,5,7). The largest absolute Gasteiger partial charge is 0.361 e. The summed E-state index contributed by atoms with van der Waals surface area (Å²) in [6.07, 6.45) is 0. The number of hydroxylamine groups is 2. The van der Waals surface area contributed by atoms with Crippen molar-refractivity contribution < 1.29 is 20.0 Å². The van der Waals surface area contributed by atoms with E-state index < -0.39 is 17.0 Å². The van der Waals surface area contributed by atoms with Crippen molar-refractivity contribution in [2.75, 3.05) is 5.75 Å². The molecule has 3 N–H and O–H groups in total. The first-order valence-corrected chi connectivity index (χ1v) is 5.22. The maximum atomic E-state index is 10.6. The summed E-state index contributed by atoms with van der Waals surface area (Å²) >= 11 is 0. The molecule has 0 spiro atoms. The number of carbonyl (C=O) groups is 2. The van der Waals surface area contributed by atoms with Crippen molar-refractivity contribution in [2.24, 2.45) is 0 Å². The lowest BCUT2D eigenvalue weighted by atomic mass is 10.6. The molecule has 0 unspecified atom stereocenters. The van der Waals surface area contributed by atoms with Gasteiger partial charge in [-0.15, -0.1) is 0 Å². The van der Waals surface area contributed by atoms with E-state index in [1.165, 1.54) is 10.8 Å². The molecule has 6 nitrogen and oxygen atoms in total. The number of amides is 2. The SMILES string of the molecule is CCSSNC(=O)C(=O)N(O)O. The minimum absolute atomic E-state index is 0.757. The number of nitrogens with zero attached hydrogens (tertiary/aromatic N) is 1. The van der Waals surface area contributed by atoms with Gasteiger partial charge in [0.15, 0.2) is 0 Å². The Hall–Kier alpha value is -0.440. The molecule has 0 saturated heterocycles. The molecule has 0 saturated carbocycles. The quantitative estimate of drug-likeness (QED) is 0.153. The average molecular weight is 212 g/mol. The van der Waals surface area contributed by atoms with Gasteiger partial charge in [0.05, 0.1) is 0 Å². The molecule has 0 aromatic carbocycles. The Morgan fingerprint density at radius 1 is 1.50 bits per heavy atom. The number of nitrogens with one attached hydrogen (secondary N) is 1. The zero-order valence-corrected chi connectivity index (χ0v) is 7.81. The first-order valence-electron chi connectivity index (χ1n) is 2.90. The molecule has 0 aromatic heterocycles. The third-order valence-electron chi connectivity index (χ3n) is 0.687. The van der Waals surface area contributed by atoms with E-state index in [4.69, 9.17) is 10.4 Å². The second-order valence-electron chi connectivity index (χ2n) is 1.52. The Morgan fingerprint density at radius 3 is 2.50 bits per heavy atom. The molecule has 0 atom stereocenters. The number of hydrogen-bond acceptors (Lipinski definition) is 6. The molecule has 0 aliphatic carbocycles. The van der Waals surface area contributed by atoms with Gasteiger partial charge in [-0.05, 0) is 0 Å². The average Bonchev–Trinajstić information content (AvgIpc) is 2.03. The highest BCUT2D eigenvalue weighted by Gasteiger charge is 2.18. The summed E-state index contributed by atoms with van der Waals surface area (Å²) in [5.41, 5.74) is 0. The van der Waals surface area contributed by atoms with E-state index in [2.05, 4.69) is 4.72 Å². The number of hydrogen-bond donors (Lipinski definition) is 3. The van der Waals surface area contributed by atoms with E-state index in [0.717, 1.165) is 16.7 Å². The van der Waals surface area contributed by atoms with Gasteiger partial charge < -0.3 is 0 Å². The van der Waals surface area contributed by atoms with Crippen LogP contribution < -0.4 is 4.72 Å². The maximum absolute atomic E-state index is 10.6. The lowest BCUT2D eigenvalue weighted by Crippen LogP contribution is -2.36. The fourth-order valence-corrected chi connectivity index (χ4v) is 1.36. The number of rotatable bonds is 3. The van der Waals surface area contributed by atoms with Crippen LogP contribution in [0.1, 0.15) is 6.92 Å². The monoisotopic (exact) mass is 212 g/mol. The molecule has 0 heterocycles. The topological polar surface area (TPSA) is 89.9 Å². The molecule has 12 heavy (non-hydrogen) atoms. The minimum Gasteiger partial charge on any atom is -0.282 e. The van der Waals surface area contributed by atoms with Crippen LogP contribution in [0.2, 0.25) is 0 Å². The van der Waals surface area contributed by atoms with Crippen LogP contribution in [0, 0.1) is 0 Å². The van der Waals surface area contributed by atoms with Crippen molar-refractivity contribution in [3.63, 3.8) is 0 Å². The molecule has 0 aliphatic heterocycles. The fraction of sp³-hybridized carbons (Fsp3) is 0.500. The molecule has 0 aromatic rings. The van der Waals surface area contributed by atoms with Crippen molar-refractivity contribution in [1.29, 1.82) is 0 Å². The van der Waals surface area contributed by atoms with Crippen LogP contribution in [0.15, 0.2) is 0 Å². The minimum atomic E-state index is -1.42. The first kappa shape index (κ1) is 11.6. The van der Waals surface area contributed by atoms with E-state index >= 15 is 0 Å². The summed E-state index contributed by atoms with van der Waals surface area (Å²) in [5.74, 6) is -1.73. The molecule has 0 rings (SSSR count). The fourth-order valence-electron chi connectivity index (χ4n) is 0.261. The van der Waals surface area contributed by atoms with Crippen LogP contribution in [0.5, 0.6) is 0 Å². The van der Waals surface area contributed by atoms with Gasteiger partial charge in [-0.2, -0.15) is 0 Å². The maximum Gasteiger partial charge on any atom is 0.361 e. The molecule has 0 radical (unpaired) electrons. The van der Waals surface area contributed by atoms with Crippen LogP contribution in [-0.4, -0.2) is 33.2 Å². The van der Waals surface area contributed by atoms with Gasteiger partial charge in [0, 0.05) is 16.7 Å². The molecule has 0 aliphatic rings. The zero-order valence-electron chi connectivity index (χ0n) is 6.18. The third-order valence-corrected chi connectivity index (χ3v) is 2.62. The Kier molecular flexibility index (Phi) is 5.89. The van der Waals surface area contributed by atoms with Crippen LogP contribution in [0.25, 0.3) is 0 Å². The Labute approximate surface area is 76.7 Å². The molecule has 0 bridgehead atoms. The van der Waals surface area contributed by atoms with Gasteiger partial charge in [0.25, 0.3) is 0 Å². The Balaban J connectivity index is 3.65.